The van der Waals surface area contributed by atoms with Crippen LogP contribution in [-0.2, 0) is 22.1 Å². The fraction of sp³-hybridized carbons (Fsp3) is 0.364. The lowest BCUT2D eigenvalue weighted by molar-refractivity contribution is -0.143. The largest absolute Gasteiger partial charge is 0.469 e. The Bertz CT molecular complexity index is 563. The lowest BCUT2D eigenvalue weighted by atomic mass is 9.99. The molecule has 4 nitrogen and oxygen atoms in total. The zero-order chi connectivity index (χ0) is 15.5. The maximum Gasteiger partial charge on any atom is 0.433 e. The highest BCUT2D eigenvalue weighted by Crippen LogP contribution is 2.35. The minimum atomic E-state index is -4.98. The third-order valence-corrected chi connectivity index (χ3v) is 2.37. The van der Waals surface area contributed by atoms with Crippen molar-refractivity contribution in [3.63, 3.8) is 0 Å². The molecule has 1 aromatic rings. The van der Waals surface area contributed by atoms with Crippen LogP contribution in [0.3, 0.4) is 0 Å². The van der Waals surface area contributed by atoms with Crippen molar-refractivity contribution in [2.75, 3.05) is 7.11 Å². The summed E-state index contributed by atoms with van der Waals surface area (Å²) in [6.07, 6.45) is -8.85. The van der Waals surface area contributed by atoms with Crippen molar-refractivity contribution in [1.29, 1.82) is 5.26 Å². The van der Waals surface area contributed by atoms with Crippen LogP contribution >= 0.6 is 0 Å². The van der Waals surface area contributed by atoms with E-state index >= 15 is 0 Å². The van der Waals surface area contributed by atoms with Gasteiger partial charge in [0.05, 0.1) is 24.7 Å². The van der Waals surface area contributed by atoms with Crippen LogP contribution in [0, 0.1) is 11.3 Å². The number of esters is 1. The molecular weight excluding hydrogens is 287 g/mol. The number of carbonyl (C=O) groups excluding carboxylic acids is 1. The van der Waals surface area contributed by atoms with E-state index in [0.29, 0.717) is 0 Å². The smallest absolute Gasteiger partial charge is 0.433 e. The molecule has 0 saturated carbocycles. The van der Waals surface area contributed by atoms with Crippen LogP contribution in [0.5, 0.6) is 0 Å². The summed E-state index contributed by atoms with van der Waals surface area (Å²) >= 11 is 0. The van der Waals surface area contributed by atoms with Crippen LogP contribution in [0.15, 0.2) is 6.20 Å². The van der Waals surface area contributed by atoms with Gasteiger partial charge in [-0.05, 0) is 0 Å². The molecule has 1 rings (SSSR count). The van der Waals surface area contributed by atoms with E-state index in [-0.39, 0.29) is 6.20 Å². The number of alkyl halides is 5. The first-order valence-electron chi connectivity index (χ1n) is 5.06. The van der Waals surface area contributed by atoms with Gasteiger partial charge >= 0.3 is 12.1 Å². The number of aromatic nitrogens is 1. The first-order chi connectivity index (χ1) is 9.22. The van der Waals surface area contributed by atoms with Gasteiger partial charge in [-0.2, -0.15) is 18.4 Å². The summed E-state index contributed by atoms with van der Waals surface area (Å²) in [6, 6.07) is 1.26. The van der Waals surface area contributed by atoms with E-state index in [0.717, 1.165) is 7.11 Å². The van der Waals surface area contributed by atoms with Crippen molar-refractivity contribution >= 4 is 5.97 Å². The highest BCUT2D eigenvalue weighted by molar-refractivity contribution is 5.74. The fourth-order valence-corrected chi connectivity index (χ4v) is 1.50. The Morgan fingerprint density at radius 1 is 1.50 bits per heavy atom. The SMILES string of the molecule is COC(=O)Cc1c(C(F)(F)F)ncc(C(F)F)c1C#N. The number of hydrogen-bond acceptors (Lipinski definition) is 4. The van der Waals surface area contributed by atoms with Crippen LogP contribution in [0.4, 0.5) is 22.0 Å². The normalized spacial score (nSPS) is 11.3. The molecule has 0 fully saturated rings. The first-order valence-corrected chi connectivity index (χ1v) is 5.06. The lowest BCUT2D eigenvalue weighted by Gasteiger charge is -2.14. The first kappa shape index (κ1) is 15.8. The summed E-state index contributed by atoms with van der Waals surface area (Å²) in [4.78, 5) is 14.0. The Labute approximate surface area is 109 Å². The van der Waals surface area contributed by atoms with Crippen LogP contribution in [0.2, 0.25) is 0 Å². The van der Waals surface area contributed by atoms with Gasteiger partial charge in [0.15, 0.2) is 0 Å². The number of hydrogen-bond donors (Lipinski definition) is 0. The van der Waals surface area contributed by atoms with E-state index < -0.39 is 47.4 Å². The summed E-state index contributed by atoms with van der Waals surface area (Å²) in [5, 5.41) is 8.79. The minimum Gasteiger partial charge on any atom is -0.469 e. The molecule has 1 aromatic heterocycles. The maximum atomic E-state index is 12.7. The monoisotopic (exact) mass is 294 g/mol. The van der Waals surface area contributed by atoms with Gasteiger partial charge < -0.3 is 4.74 Å². The van der Waals surface area contributed by atoms with Crippen molar-refractivity contribution in [1.82, 2.24) is 4.98 Å². The quantitative estimate of drug-likeness (QED) is 0.635. The van der Waals surface area contributed by atoms with E-state index in [9.17, 15) is 26.7 Å². The molecule has 0 aliphatic rings. The third kappa shape index (κ3) is 3.20. The zero-order valence-corrected chi connectivity index (χ0v) is 9.96. The van der Waals surface area contributed by atoms with Gasteiger partial charge in [0.2, 0.25) is 0 Å². The van der Waals surface area contributed by atoms with Gasteiger partial charge in [0.25, 0.3) is 6.43 Å². The highest BCUT2D eigenvalue weighted by Gasteiger charge is 2.38. The van der Waals surface area contributed by atoms with E-state index in [1.165, 1.54) is 6.07 Å². The zero-order valence-electron chi connectivity index (χ0n) is 9.96. The Kier molecular flexibility index (Phi) is 4.60. The van der Waals surface area contributed by atoms with Crippen molar-refractivity contribution in [2.45, 2.75) is 19.0 Å². The molecule has 0 spiro atoms. The predicted octanol–water partition coefficient (Wildman–Crippen LogP) is 2.63. The molecule has 1 heterocycles. The fourth-order valence-electron chi connectivity index (χ4n) is 1.50. The predicted molar refractivity (Wildman–Crippen MR) is 54.6 cm³/mol. The molecule has 20 heavy (non-hydrogen) atoms. The average Bonchev–Trinajstić information content (AvgIpc) is 2.36. The highest BCUT2D eigenvalue weighted by atomic mass is 19.4. The van der Waals surface area contributed by atoms with Crippen LogP contribution < -0.4 is 0 Å². The number of ether oxygens (including phenoxy) is 1. The lowest BCUT2D eigenvalue weighted by Crippen LogP contribution is -2.18. The van der Waals surface area contributed by atoms with Gasteiger partial charge in [0, 0.05) is 11.8 Å². The molecule has 0 aromatic carbocycles. The Balaban J connectivity index is 3.57. The van der Waals surface area contributed by atoms with Gasteiger partial charge in [0.1, 0.15) is 11.8 Å². The molecule has 0 aliphatic heterocycles. The molecule has 0 amide bonds. The van der Waals surface area contributed by atoms with Gasteiger partial charge in [-0.1, -0.05) is 0 Å². The molecule has 9 heteroatoms. The Morgan fingerprint density at radius 3 is 2.50 bits per heavy atom. The summed E-state index contributed by atoms with van der Waals surface area (Å²) in [6.45, 7) is 0. The third-order valence-electron chi connectivity index (χ3n) is 2.37. The van der Waals surface area contributed by atoms with Crippen LogP contribution in [0.25, 0.3) is 0 Å². The van der Waals surface area contributed by atoms with Crippen molar-refractivity contribution in [2.24, 2.45) is 0 Å². The second-order valence-corrected chi connectivity index (χ2v) is 3.58. The topological polar surface area (TPSA) is 63.0 Å². The number of rotatable bonds is 3. The van der Waals surface area contributed by atoms with Crippen molar-refractivity contribution in [3.05, 3.63) is 28.6 Å². The molecule has 0 saturated heterocycles. The second kappa shape index (κ2) is 5.81. The second-order valence-electron chi connectivity index (χ2n) is 3.58. The summed E-state index contributed by atoms with van der Waals surface area (Å²) < 4.78 is 67.7. The van der Waals surface area contributed by atoms with E-state index in [1.807, 2.05) is 0 Å². The summed E-state index contributed by atoms with van der Waals surface area (Å²) in [7, 11) is 0.923. The maximum absolute atomic E-state index is 12.7. The molecule has 0 radical (unpaired) electrons. The Hall–Kier alpha value is -2.24. The van der Waals surface area contributed by atoms with Crippen molar-refractivity contribution < 1.29 is 31.5 Å². The van der Waals surface area contributed by atoms with Crippen LogP contribution in [-0.4, -0.2) is 18.1 Å². The molecule has 108 valence electrons. The minimum absolute atomic E-state index is 0.285. The van der Waals surface area contributed by atoms with Gasteiger partial charge in [-0.25, -0.2) is 8.78 Å². The molecule has 0 N–H and O–H groups in total. The molecule has 0 atom stereocenters. The van der Waals surface area contributed by atoms with E-state index in [2.05, 4.69) is 9.72 Å². The van der Waals surface area contributed by atoms with Crippen LogP contribution in [0.1, 0.15) is 28.8 Å². The average molecular weight is 294 g/mol. The van der Waals surface area contributed by atoms with Crippen molar-refractivity contribution in [3.8, 4) is 6.07 Å². The molecule has 0 aliphatic carbocycles. The van der Waals surface area contributed by atoms with E-state index in [4.69, 9.17) is 5.26 Å². The molecule has 0 bridgehead atoms. The number of nitriles is 1. The number of pyridine rings is 1. The molecule has 0 unspecified atom stereocenters. The summed E-state index contributed by atoms with van der Waals surface area (Å²) in [5.74, 6) is -1.10. The Morgan fingerprint density at radius 2 is 2.10 bits per heavy atom. The molecular formula is C11H7F5N2O2. The van der Waals surface area contributed by atoms with E-state index in [1.54, 1.807) is 0 Å². The number of halogens is 5. The number of carbonyl (C=O) groups is 1. The number of methoxy groups -OCH3 is 1. The standard InChI is InChI=1S/C11H7F5N2O2/c1-20-8(19)2-5-6(3-17)7(10(12)13)4-18-9(5)11(14,15)16/h4,10H,2H2,1H3. The van der Waals surface area contributed by atoms with Gasteiger partial charge in [-0.15, -0.1) is 0 Å². The van der Waals surface area contributed by atoms with Gasteiger partial charge in [-0.3, -0.25) is 9.78 Å². The summed E-state index contributed by atoms with van der Waals surface area (Å²) in [5.41, 5.74) is -4.33. The number of nitrogens with zero attached hydrogens (tertiary/aromatic N) is 2.